The molecule has 0 aliphatic heterocycles. The molecule has 9 heteroatoms. The summed E-state index contributed by atoms with van der Waals surface area (Å²) in [6, 6.07) is 9.23. The van der Waals surface area contributed by atoms with Crippen LogP contribution in [0.25, 0.3) is 4.96 Å². The molecule has 108 valence electrons. The molecule has 0 spiro atoms. The molecule has 0 amide bonds. The summed E-state index contributed by atoms with van der Waals surface area (Å²) >= 11 is 0.665. The first-order valence-corrected chi connectivity index (χ1v) is 8.26. The van der Waals surface area contributed by atoms with Gasteiger partial charge in [0, 0.05) is 0 Å². The first-order chi connectivity index (χ1) is 9.95. The maximum absolute atomic E-state index is 13.5. The summed E-state index contributed by atoms with van der Waals surface area (Å²) in [5.41, 5.74) is -0.178. The van der Waals surface area contributed by atoms with Crippen LogP contribution >= 0.6 is 11.3 Å². The van der Waals surface area contributed by atoms with Gasteiger partial charge in [-0.05, 0) is 5.56 Å². The number of benzene rings is 1. The van der Waals surface area contributed by atoms with Crippen molar-refractivity contribution < 1.29 is 12.8 Å². The Morgan fingerprint density at radius 2 is 1.95 bits per heavy atom. The van der Waals surface area contributed by atoms with Crippen molar-refractivity contribution >= 4 is 26.1 Å². The molecule has 0 aliphatic rings. The standard InChI is InChI=1S/C12H8FN3O3S2/c13-9-6-10(17)14-11-16(9)15-12(20-11)21(18,19)7-8-4-2-1-3-5-8/h1-6H,7H2. The Bertz CT molecular complexity index is 964. The van der Waals surface area contributed by atoms with Gasteiger partial charge in [0.05, 0.1) is 11.8 Å². The zero-order chi connectivity index (χ0) is 15.0. The molecular formula is C12H8FN3O3S2. The predicted octanol–water partition coefficient (Wildman–Crippen LogP) is 1.26. The topological polar surface area (TPSA) is 81.4 Å². The van der Waals surface area contributed by atoms with E-state index in [1.165, 1.54) is 0 Å². The van der Waals surface area contributed by atoms with Gasteiger partial charge in [0.2, 0.25) is 25.1 Å². The van der Waals surface area contributed by atoms with Crippen molar-refractivity contribution in [3.8, 4) is 0 Å². The monoisotopic (exact) mass is 325 g/mol. The van der Waals surface area contributed by atoms with E-state index in [1.807, 2.05) is 0 Å². The van der Waals surface area contributed by atoms with Crippen LogP contribution in [0.1, 0.15) is 5.56 Å². The Morgan fingerprint density at radius 1 is 1.24 bits per heavy atom. The van der Waals surface area contributed by atoms with E-state index in [0.29, 0.717) is 27.5 Å². The van der Waals surface area contributed by atoms with Gasteiger partial charge < -0.3 is 0 Å². The second kappa shape index (κ2) is 5.01. The summed E-state index contributed by atoms with van der Waals surface area (Å²) in [5, 5.41) is 3.69. The minimum Gasteiger partial charge on any atom is -0.267 e. The van der Waals surface area contributed by atoms with Crippen molar-refractivity contribution in [2.24, 2.45) is 0 Å². The van der Waals surface area contributed by atoms with E-state index in [2.05, 4.69) is 10.1 Å². The highest BCUT2D eigenvalue weighted by Gasteiger charge is 2.22. The van der Waals surface area contributed by atoms with Crippen LogP contribution in [-0.2, 0) is 15.6 Å². The van der Waals surface area contributed by atoms with Crippen LogP contribution in [0.4, 0.5) is 4.39 Å². The van der Waals surface area contributed by atoms with Gasteiger partial charge in [-0.25, -0.2) is 8.42 Å². The molecule has 21 heavy (non-hydrogen) atoms. The fourth-order valence-electron chi connectivity index (χ4n) is 1.75. The van der Waals surface area contributed by atoms with Crippen LogP contribution in [0.15, 0.2) is 45.5 Å². The van der Waals surface area contributed by atoms with E-state index < -0.39 is 21.3 Å². The molecule has 0 unspecified atom stereocenters. The van der Waals surface area contributed by atoms with Gasteiger partial charge in [-0.2, -0.15) is 13.9 Å². The van der Waals surface area contributed by atoms with Crippen molar-refractivity contribution in [2.75, 3.05) is 0 Å². The first kappa shape index (κ1) is 13.8. The molecule has 3 rings (SSSR count). The van der Waals surface area contributed by atoms with Gasteiger partial charge in [0.25, 0.3) is 5.56 Å². The Morgan fingerprint density at radius 3 is 2.67 bits per heavy atom. The zero-order valence-corrected chi connectivity index (χ0v) is 12.1. The lowest BCUT2D eigenvalue weighted by atomic mass is 10.2. The highest BCUT2D eigenvalue weighted by Crippen LogP contribution is 2.21. The van der Waals surface area contributed by atoms with Crippen LogP contribution in [0.3, 0.4) is 0 Å². The van der Waals surface area contributed by atoms with Gasteiger partial charge in [0.1, 0.15) is 0 Å². The number of hydrogen-bond acceptors (Lipinski definition) is 6. The average Bonchev–Trinajstić information content (AvgIpc) is 2.84. The Balaban J connectivity index is 2.07. The lowest BCUT2D eigenvalue weighted by Crippen LogP contribution is -2.10. The van der Waals surface area contributed by atoms with Crippen LogP contribution < -0.4 is 5.56 Å². The fourth-order valence-corrected chi connectivity index (χ4v) is 4.24. The Labute approximate surface area is 122 Å². The van der Waals surface area contributed by atoms with Gasteiger partial charge in [-0.1, -0.05) is 41.7 Å². The number of hydrogen-bond donors (Lipinski definition) is 0. The molecule has 0 saturated carbocycles. The molecule has 6 nitrogen and oxygen atoms in total. The molecule has 0 radical (unpaired) electrons. The second-order valence-corrected chi connectivity index (χ2v) is 7.34. The molecule has 2 heterocycles. The van der Waals surface area contributed by atoms with Crippen LogP contribution in [0, 0.1) is 5.95 Å². The lowest BCUT2D eigenvalue weighted by molar-refractivity contribution is 0.532. The lowest BCUT2D eigenvalue weighted by Gasteiger charge is -1.99. The third-order valence-corrected chi connectivity index (χ3v) is 5.70. The van der Waals surface area contributed by atoms with E-state index in [9.17, 15) is 17.6 Å². The second-order valence-electron chi connectivity index (χ2n) is 4.22. The molecule has 0 atom stereocenters. The summed E-state index contributed by atoms with van der Waals surface area (Å²) in [5.74, 6) is -1.19. The van der Waals surface area contributed by atoms with Crippen molar-refractivity contribution in [1.29, 1.82) is 0 Å². The number of fused-ring (bicyclic) bond motifs is 1. The zero-order valence-electron chi connectivity index (χ0n) is 10.4. The molecule has 0 fully saturated rings. The third-order valence-electron chi connectivity index (χ3n) is 2.66. The fraction of sp³-hybridized carbons (Fsp3) is 0.0833. The van der Waals surface area contributed by atoms with E-state index in [1.54, 1.807) is 30.3 Å². The summed E-state index contributed by atoms with van der Waals surface area (Å²) < 4.78 is 38.5. The molecule has 0 aliphatic carbocycles. The molecule has 0 bridgehead atoms. The molecule has 3 aromatic rings. The SMILES string of the molecule is O=c1cc(F)n2nc(S(=O)(=O)Cc3ccccc3)sc2n1. The van der Waals surface area contributed by atoms with E-state index in [-0.39, 0.29) is 15.1 Å². The minimum atomic E-state index is -3.73. The maximum Gasteiger partial charge on any atom is 0.277 e. The van der Waals surface area contributed by atoms with E-state index >= 15 is 0 Å². The quantitative estimate of drug-likeness (QED) is 0.677. The summed E-state index contributed by atoms with van der Waals surface area (Å²) in [7, 11) is -3.73. The van der Waals surface area contributed by atoms with Gasteiger partial charge >= 0.3 is 0 Å². The highest BCUT2D eigenvalue weighted by molar-refractivity contribution is 7.92. The van der Waals surface area contributed by atoms with Crippen molar-refractivity contribution in [3.63, 3.8) is 0 Å². The average molecular weight is 325 g/mol. The minimum absolute atomic E-state index is 0.0911. The van der Waals surface area contributed by atoms with Gasteiger partial charge in [0.15, 0.2) is 0 Å². The molecule has 2 aromatic heterocycles. The summed E-state index contributed by atoms with van der Waals surface area (Å²) in [4.78, 5) is 14.6. The van der Waals surface area contributed by atoms with Crippen LogP contribution in [0.5, 0.6) is 0 Å². The Hall–Kier alpha value is -2.13. The highest BCUT2D eigenvalue weighted by atomic mass is 32.2. The molecule has 0 saturated heterocycles. The summed E-state index contributed by atoms with van der Waals surface area (Å²) in [6.07, 6.45) is 0. The Kier molecular flexibility index (Phi) is 3.30. The number of halogens is 1. The van der Waals surface area contributed by atoms with Crippen molar-refractivity contribution in [2.45, 2.75) is 10.1 Å². The number of aromatic nitrogens is 3. The van der Waals surface area contributed by atoms with Gasteiger partial charge in [-0.3, -0.25) is 4.79 Å². The van der Waals surface area contributed by atoms with Gasteiger partial charge in [-0.15, -0.1) is 5.10 Å². The first-order valence-electron chi connectivity index (χ1n) is 5.79. The van der Waals surface area contributed by atoms with Crippen LogP contribution in [0.2, 0.25) is 0 Å². The number of nitrogens with zero attached hydrogens (tertiary/aromatic N) is 3. The summed E-state index contributed by atoms with van der Waals surface area (Å²) in [6.45, 7) is 0. The third kappa shape index (κ3) is 2.69. The number of sulfone groups is 1. The smallest absolute Gasteiger partial charge is 0.267 e. The number of rotatable bonds is 3. The molecule has 1 aromatic carbocycles. The van der Waals surface area contributed by atoms with Crippen molar-refractivity contribution in [1.82, 2.24) is 14.6 Å². The molecule has 0 N–H and O–H groups in total. The normalized spacial score (nSPS) is 11.9. The van der Waals surface area contributed by atoms with E-state index in [4.69, 9.17) is 0 Å². The van der Waals surface area contributed by atoms with Crippen molar-refractivity contribution in [3.05, 3.63) is 58.3 Å². The predicted molar refractivity (Wildman–Crippen MR) is 74.4 cm³/mol. The van der Waals surface area contributed by atoms with E-state index in [0.717, 1.165) is 0 Å². The van der Waals surface area contributed by atoms with Crippen LogP contribution in [-0.4, -0.2) is 23.0 Å². The maximum atomic E-state index is 13.5. The largest absolute Gasteiger partial charge is 0.277 e. The molecular weight excluding hydrogens is 317 g/mol.